The summed E-state index contributed by atoms with van der Waals surface area (Å²) in [4.78, 5) is 27.2. The summed E-state index contributed by atoms with van der Waals surface area (Å²) in [6.45, 7) is 1.07. The maximum atomic E-state index is 12.9. The van der Waals surface area contributed by atoms with Crippen LogP contribution in [0.25, 0.3) is 11.3 Å². The van der Waals surface area contributed by atoms with Gasteiger partial charge in [-0.15, -0.1) is 0 Å². The van der Waals surface area contributed by atoms with Gasteiger partial charge in [-0.3, -0.25) is 9.59 Å². The quantitative estimate of drug-likeness (QED) is 0.538. The topological polar surface area (TPSA) is 62.6 Å². The Balaban J connectivity index is 1.32. The standard InChI is InChI=1S/C26H25ClN2O3/c27-22-11-4-3-10-21(22)26(31)29-13-12-23-19(16-29)15-24(32-23)18-8-5-9-20(14-18)28-25(30)17-6-1-2-7-17/h3-5,8-11,14-15,17H,1-2,6-7,12-13,16H2,(H,28,30). The molecule has 1 aliphatic carbocycles. The fourth-order valence-corrected chi connectivity index (χ4v) is 4.85. The predicted molar refractivity (Wildman–Crippen MR) is 125 cm³/mol. The highest BCUT2D eigenvalue weighted by Gasteiger charge is 2.26. The first-order valence-electron chi connectivity index (χ1n) is 11.1. The first-order chi connectivity index (χ1) is 15.6. The van der Waals surface area contributed by atoms with Gasteiger partial charge >= 0.3 is 0 Å². The summed E-state index contributed by atoms with van der Waals surface area (Å²) in [6, 6.07) is 16.9. The maximum Gasteiger partial charge on any atom is 0.255 e. The van der Waals surface area contributed by atoms with Crippen molar-refractivity contribution in [2.75, 3.05) is 11.9 Å². The second-order valence-corrected chi connectivity index (χ2v) is 8.97. The second kappa shape index (κ2) is 8.83. The highest BCUT2D eigenvalue weighted by atomic mass is 35.5. The molecule has 2 aliphatic rings. The third-order valence-corrected chi connectivity index (χ3v) is 6.73. The van der Waals surface area contributed by atoms with Crippen molar-refractivity contribution in [1.29, 1.82) is 0 Å². The van der Waals surface area contributed by atoms with E-state index in [1.165, 1.54) is 0 Å². The SMILES string of the molecule is O=C(Nc1cccc(-c2cc3c(o2)CCN(C(=O)c2ccccc2Cl)C3)c1)C1CCCC1. The number of rotatable bonds is 4. The summed E-state index contributed by atoms with van der Waals surface area (Å²) in [6.07, 6.45) is 4.86. The molecule has 0 saturated heterocycles. The molecule has 1 N–H and O–H groups in total. The van der Waals surface area contributed by atoms with Gasteiger partial charge in [0.1, 0.15) is 11.5 Å². The first-order valence-corrected chi connectivity index (χ1v) is 11.5. The Labute approximate surface area is 192 Å². The number of carbonyl (C=O) groups excluding carboxylic acids is 2. The fourth-order valence-electron chi connectivity index (χ4n) is 4.64. The Morgan fingerprint density at radius 1 is 1.03 bits per heavy atom. The molecule has 0 unspecified atom stereocenters. The van der Waals surface area contributed by atoms with Gasteiger partial charge in [0.2, 0.25) is 5.91 Å². The minimum Gasteiger partial charge on any atom is -0.461 e. The Kier molecular flexibility index (Phi) is 5.75. The lowest BCUT2D eigenvalue weighted by molar-refractivity contribution is -0.119. The largest absolute Gasteiger partial charge is 0.461 e. The number of furan rings is 1. The summed E-state index contributed by atoms with van der Waals surface area (Å²) in [5.74, 6) is 1.81. The molecular weight excluding hydrogens is 424 g/mol. The summed E-state index contributed by atoms with van der Waals surface area (Å²) < 4.78 is 6.13. The number of hydrogen-bond donors (Lipinski definition) is 1. The summed E-state index contributed by atoms with van der Waals surface area (Å²) in [5.41, 5.74) is 3.22. The van der Waals surface area contributed by atoms with Crippen LogP contribution in [0.5, 0.6) is 0 Å². The van der Waals surface area contributed by atoms with E-state index in [1.54, 1.807) is 17.0 Å². The summed E-state index contributed by atoms with van der Waals surface area (Å²) in [5, 5.41) is 3.52. The smallest absolute Gasteiger partial charge is 0.255 e. The number of carbonyl (C=O) groups is 2. The summed E-state index contributed by atoms with van der Waals surface area (Å²) >= 11 is 6.22. The van der Waals surface area contributed by atoms with E-state index in [2.05, 4.69) is 5.32 Å². The zero-order valence-electron chi connectivity index (χ0n) is 17.8. The van der Waals surface area contributed by atoms with Crippen LogP contribution in [0.3, 0.4) is 0 Å². The number of benzene rings is 2. The van der Waals surface area contributed by atoms with Crippen molar-refractivity contribution in [1.82, 2.24) is 4.90 Å². The van der Waals surface area contributed by atoms with Crippen LogP contribution in [0, 0.1) is 5.92 Å². The molecule has 1 aromatic heterocycles. The van der Waals surface area contributed by atoms with E-state index in [0.717, 1.165) is 54.0 Å². The van der Waals surface area contributed by atoms with Gasteiger partial charge in [-0.1, -0.05) is 48.7 Å². The zero-order chi connectivity index (χ0) is 22.1. The minimum atomic E-state index is -0.0689. The molecule has 1 saturated carbocycles. The monoisotopic (exact) mass is 448 g/mol. The van der Waals surface area contributed by atoms with Crippen LogP contribution in [0.2, 0.25) is 5.02 Å². The van der Waals surface area contributed by atoms with Crippen molar-refractivity contribution in [3.8, 4) is 11.3 Å². The van der Waals surface area contributed by atoms with Crippen LogP contribution in [-0.4, -0.2) is 23.3 Å². The molecule has 0 atom stereocenters. The Hall–Kier alpha value is -3.05. The van der Waals surface area contributed by atoms with Gasteiger partial charge in [0.05, 0.1) is 10.6 Å². The number of amides is 2. The van der Waals surface area contributed by atoms with E-state index in [4.69, 9.17) is 16.0 Å². The van der Waals surface area contributed by atoms with Crippen molar-refractivity contribution < 1.29 is 14.0 Å². The molecular formula is C26H25ClN2O3. The number of hydrogen-bond acceptors (Lipinski definition) is 3. The maximum absolute atomic E-state index is 12.9. The fraction of sp³-hybridized carbons (Fsp3) is 0.308. The molecule has 2 aromatic carbocycles. The van der Waals surface area contributed by atoms with Gasteiger partial charge in [0, 0.05) is 42.2 Å². The highest BCUT2D eigenvalue weighted by molar-refractivity contribution is 6.33. The Morgan fingerprint density at radius 3 is 2.66 bits per heavy atom. The molecule has 5 rings (SSSR count). The van der Waals surface area contributed by atoms with Gasteiger partial charge in [-0.05, 0) is 43.2 Å². The molecule has 0 spiro atoms. The van der Waals surface area contributed by atoms with Gasteiger partial charge in [0.25, 0.3) is 5.91 Å². The minimum absolute atomic E-state index is 0.0689. The van der Waals surface area contributed by atoms with Crippen LogP contribution in [0.1, 0.15) is 47.4 Å². The molecule has 5 nitrogen and oxygen atoms in total. The molecule has 3 aromatic rings. The van der Waals surface area contributed by atoms with Gasteiger partial charge < -0.3 is 14.6 Å². The third kappa shape index (κ3) is 4.17. The molecule has 1 fully saturated rings. The van der Waals surface area contributed by atoms with Gasteiger partial charge in [0.15, 0.2) is 0 Å². The average molecular weight is 449 g/mol. The summed E-state index contributed by atoms with van der Waals surface area (Å²) in [7, 11) is 0. The van der Waals surface area contributed by atoms with Gasteiger partial charge in [-0.25, -0.2) is 0 Å². The van der Waals surface area contributed by atoms with Gasteiger partial charge in [-0.2, -0.15) is 0 Å². The van der Waals surface area contributed by atoms with E-state index in [-0.39, 0.29) is 17.7 Å². The lowest BCUT2D eigenvalue weighted by Crippen LogP contribution is -2.35. The van der Waals surface area contributed by atoms with Crippen LogP contribution >= 0.6 is 11.6 Å². The predicted octanol–water partition coefficient (Wildman–Crippen LogP) is 5.93. The Morgan fingerprint density at radius 2 is 1.84 bits per heavy atom. The first kappa shape index (κ1) is 20.8. The van der Waals surface area contributed by atoms with Crippen LogP contribution < -0.4 is 5.32 Å². The van der Waals surface area contributed by atoms with Crippen molar-refractivity contribution in [3.05, 3.63) is 76.5 Å². The van der Waals surface area contributed by atoms with Crippen molar-refractivity contribution >= 4 is 29.1 Å². The second-order valence-electron chi connectivity index (χ2n) is 8.57. The molecule has 0 bridgehead atoms. The molecule has 164 valence electrons. The number of nitrogens with one attached hydrogen (secondary N) is 1. The molecule has 2 amide bonds. The van der Waals surface area contributed by atoms with E-state index >= 15 is 0 Å². The number of anilines is 1. The van der Waals surface area contributed by atoms with E-state index in [0.29, 0.717) is 30.1 Å². The molecule has 32 heavy (non-hydrogen) atoms. The normalized spacial score (nSPS) is 16.1. The van der Waals surface area contributed by atoms with Crippen LogP contribution in [0.15, 0.2) is 59.0 Å². The van der Waals surface area contributed by atoms with E-state index < -0.39 is 0 Å². The number of halogens is 1. The molecule has 6 heteroatoms. The lowest BCUT2D eigenvalue weighted by atomic mass is 10.1. The van der Waals surface area contributed by atoms with Crippen molar-refractivity contribution in [2.45, 2.75) is 38.6 Å². The van der Waals surface area contributed by atoms with Crippen LogP contribution in [0.4, 0.5) is 5.69 Å². The molecule has 0 radical (unpaired) electrons. The van der Waals surface area contributed by atoms with E-state index in [1.807, 2.05) is 42.5 Å². The highest BCUT2D eigenvalue weighted by Crippen LogP contribution is 2.32. The van der Waals surface area contributed by atoms with Crippen LogP contribution in [-0.2, 0) is 17.8 Å². The van der Waals surface area contributed by atoms with E-state index in [9.17, 15) is 9.59 Å². The lowest BCUT2D eigenvalue weighted by Gasteiger charge is -2.26. The van der Waals surface area contributed by atoms with Crippen molar-refractivity contribution in [3.63, 3.8) is 0 Å². The molecule has 1 aliphatic heterocycles. The Bertz CT molecular complexity index is 1160. The zero-order valence-corrected chi connectivity index (χ0v) is 18.5. The average Bonchev–Trinajstić information content (AvgIpc) is 3.49. The number of nitrogens with zero attached hydrogens (tertiary/aromatic N) is 1. The van der Waals surface area contributed by atoms with Crippen molar-refractivity contribution in [2.24, 2.45) is 5.92 Å². The number of fused-ring (bicyclic) bond motifs is 1. The molecule has 2 heterocycles. The third-order valence-electron chi connectivity index (χ3n) is 6.40.